The van der Waals surface area contributed by atoms with Crippen molar-refractivity contribution in [3.05, 3.63) is 34.6 Å². The highest BCUT2D eigenvalue weighted by atomic mass is 32.1. The number of rotatable bonds is 7. The van der Waals surface area contributed by atoms with Crippen LogP contribution in [-0.4, -0.2) is 39.8 Å². The number of nitrogens with one attached hydrogen (secondary N) is 2. The molecule has 3 rings (SSSR count). The molecule has 0 saturated heterocycles. The van der Waals surface area contributed by atoms with Gasteiger partial charge in [0.25, 0.3) is 0 Å². The molecule has 0 spiro atoms. The van der Waals surface area contributed by atoms with Gasteiger partial charge in [0.05, 0.1) is 6.61 Å². The van der Waals surface area contributed by atoms with Gasteiger partial charge in [-0.25, -0.2) is 0 Å². The maximum atomic E-state index is 12.1. The van der Waals surface area contributed by atoms with E-state index in [-0.39, 0.29) is 19.0 Å². The highest BCUT2D eigenvalue weighted by Gasteiger charge is 2.23. The lowest BCUT2D eigenvalue weighted by Crippen LogP contribution is -2.33. The van der Waals surface area contributed by atoms with E-state index < -0.39 is 5.97 Å². The second kappa shape index (κ2) is 7.60. The zero-order valence-electron chi connectivity index (χ0n) is 13.9. The summed E-state index contributed by atoms with van der Waals surface area (Å²) in [5.74, 6) is 0.335. The summed E-state index contributed by atoms with van der Waals surface area (Å²) in [5.41, 5.74) is 1.99. The van der Waals surface area contributed by atoms with E-state index in [0.717, 1.165) is 24.0 Å². The summed E-state index contributed by atoms with van der Waals surface area (Å²) in [5, 5.41) is 9.46. The maximum absolute atomic E-state index is 12.1. The smallest absolute Gasteiger partial charge is 0.325 e. The van der Waals surface area contributed by atoms with Gasteiger partial charge in [-0.2, -0.15) is 5.10 Å². The van der Waals surface area contributed by atoms with E-state index >= 15 is 0 Å². The number of carbonyl (C=O) groups is 2. The van der Waals surface area contributed by atoms with Gasteiger partial charge in [0.1, 0.15) is 13.1 Å². The molecule has 25 heavy (non-hydrogen) atoms. The van der Waals surface area contributed by atoms with Crippen LogP contribution in [0.4, 0.5) is 0 Å². The molecule has 2 aromatic rings. The van der Waals surface area contributed by atoms with Crippen molar-refractivity contribution < 1.29 is 14.3 Å². The number of benzene rings is 1. The Morgan fingerprint density at radius 1 is 1.36 bits per heavy atom. The van der Waals surface area contributed by atoms with Crippen LogP contribution in [0.25, 0.3) is 11.4 Å². The summed E-state index contributed by atoms with van der Waals surface area (Å²) < 4.78 is 7.03. The molecule has 1 aromatic carbocycles. The molecule has 0 radical (unpaired) electrons. The molecule has 1 aliphatic carbocycles. The lowest BCUT2D eigenvalue weighted by Gasteiger charge is -2.08. The van der Waals surface area contributed by atoms with Crippen molar-refractivity contribution in [2.24, 2.45) is 5.92 Å². The number of nitrogens with zero attached hydrogens (tertiary/aromatic N) is 2. The largest absolute Gasteiger partial charge is 0.464 e. The highest BCUT2D eigenvalue weighted by molar-refractivity contribution is 7.71. The van der Waals surface area contributed by atoms with E-state index in [2.05, 4.69) is 15.5 Å². The van der Waals surface area contributed by atoms with Crippen molar-refractivity contribution in [2.75, 3.05) is 13.2 Å². The number of amides is 1. The van der Waals surface area contributed by atoms with Gasteiger partial charge in [-0.15, -0.1) is 0 Å². The number of aromatic nitrogens is 3. The zero-order chi connectivity index (χ0) is 17.8. The Bertz CT molecular complexity index is 821. The molecule has 0 aliphatic heterocycles. The van der Waals surface area contributed by atoms with Crippen LogP contribution < -0.4 is 5.32 Å². The van der Waals surface area contributed by atoms with Crippen LogP contribution in [0.2, 0.25) is 0 Å². The lowest BCUT2D eigenvalue weighted by molar-refractivity contribution is -0.144. The SMILES string of the molecule is Cc1ccc(-c2n[nH]c(=S)n2CC(=O)NCC(=O)OCC2CC2)cc1. The molecule has 0 unspecified atom stereocenters. The molecule has 1 saturated carbocycles. The second-order valence-corrected chi connectivity index (χ2v) is 6.59. The van der Waals surface area contributed by atoms with E-state index in [4.69, 9.17) is 17.0 Å². The summed E-state index contributed by atoms with van der Waals surface area (Å²) in [6.45, 7) is 2.28. The Hall–Kier alpha value is -2.48. The third-order valence-electron chi connectivity index (χ3n) is 3.98. The molecule has 1 heterocycles. The maximum Gasteiger partial charge on any atom is 0.325 e. The fourth-order valence-electron chi connectivity index (χ4n) is 2.30. The van der Waals surface area contributed by atoms with Gasteiger partial charge in [0.2, 0.25) is 5.91 Å². The van der Waals surface area contributed by atoms with E-state index in [0.29, 0.717) is 23.1 Å². The van der Waals surface area contributed by atoms with Crippen molar-refractivity contribution in [3.8, 4) is 11.4 Å². The van der Waals surface area contributed by atoms with Crippen molar-refractivity contribution in [1.29, 1.82) is 0 Å². The summed E-state index contributed by atoms with van der Waals surface area (Å²) >= 11 is 5.20. The zero-order valence-corrected chi connectivity index (χ0v) is 14.8. The first-order valence-corrected chi connectivity index (χ1v) is 8.58. The van der Waals surface area contributed by atoms with Crippen LogP contribution in [0.5, 0.6) is 0 Å². The molecule has 0 bridgehead atoms. The molecule has 2 N–H and O–H groups in total. The summed E-state index contributed by atoms with van der Waals surface area (Å²) in [4.78, 5) is 23.7. The third-order valence-corrected chi connectivity index (χ3v) is 4.29. The molecule has 1 aliphatic rings. The van der Waals surface area contributed by atoms with Gasteiger partial charge in [-0.3, -0.25) is 19.3 Å². The summed E-state index contributed by atoms with van der Waals surface area (Å²) in [6, 6.07) is 7.77. The first-order valence-electron chi connectivity index (χ1n) is 8.17. The topological polar surface area (TPSA) is 89.0 Å². The van der Waals surface area contributed by atoms with Crippen LogP contribution in [0.3, 0.4) is 0 Å². The second-order valence-electron chi connectivity index (χ2n) is 6.21. The number of hydrogen-bond donors (Lipinski definition) is 2. The number of ether oxygens (including phenoxy) is 1. The van der Waals surface area contributed by atoms with Crippen molar-refractivity contribution >= 4 is 24.1 Å². The molecule has 1 amide bonds. The molecular weight excluding hydrogens is 340 g/mol. The van der Waals surface area contributed by atoms with E-state index in [1.807, 2.05) is 31.2 Å². The fraction of sp³-hybridized carbons (Fsp3) is 0.412. The van der Waals surface area contributed by atoms with Crippen molar-refractivity contribution in [3.63, 3.8) is 0 Å². The number of carbonyl (C=O) groups excluding carboxylic acids is 2. The van der Waals surface area contributed by atoms with E-state index in [9.17, 15) is 9.59 Å². The average Bonchev–Trinajstić information content (AvgIpc) is 3.36. The van der Waals surface area contributed by atoms with Crippen LogP contribution >= 0.6 is 12.2 Å². The van der Waals surface area contributed by atoms with Crippen molar-refractivity contribution in [2.45, 2.75) is 26.3 Å². The van der Waals surface area contributed by atoms with Crippen LogP contribution in [0, 0.1) is 17.6 Å². The molecule has 7 nitrogen and oxygen atoms in total. The Labute approximate surface area is 150 Å². The van der Waals surface area contributed by atoms with Crippen LogP contribution in [0.1, 0.15) is 18.4 Å². The number of aromatic amines is 1. The minimum Gasteiger partial charge on any atom is -0.464 e. The quantitative estimate of drug-likeness (QED) is 0.582. The number of esters is 1. The Balaban J connectivity index is 1.59. The highest BCUT2D eigenvalue weighted by Crippen LogP contribution is 2.28. The summed E-state index contributed by atoms with van der Waals surface area (Å²) in [6.07, 6.45) is 2.22. The van der Waals surface area contributed by atoms with Gasteiger partial charge in [-0.05, 0) is 37.9 Å². The molecular formula is C17H20N4O3S. The number of hydrogen-bond acceptors (Lipinski definition) is 5. The van der Waals surface area contributed by atoms with E-state index in [1.54, 1.807) is 4.57 Å². The standard InChI is InChI=1S/C17H20N4O3S/c1-11-2-6-13(7-3-11)16-19-20-17(25)21(16)9-14(22)18-8-15(23)24-10-12-4-5-12/h2-3,6-7,12H,4-5,8-10H2,1H3,(H,18,22)(H,20,25). The normalized spacial score (nSPS) is 13.5. The van der Waals surface area contributed by atoms with Crippen LogP contribution in [0.15, 0.2) is 24.3 Å². The first-order chi connectivity index (χ1) is 12.0. The van der Waals surface area contributed by atoms with Gasteiger partial charge >= 0.3 is 5.97 Å². The van der Waals surface area contributed by atoms with Gasteiger partial charge in [0.15, 0.2) is 10.6 Å². The Morgan fingerprint density at radius 3 is 2.76 bits per heavy atom. The molecule has 0 atom stereocenters. The minimum atomic E-state index is -0.421. The van der Waals surface area contributed by atoms with E-state index in [1.165, 1.54) is 0 Å². The Kier molecular flexibility index (Phi) is 5.28. The van der Waals surface area contributed by atoms with Gasteiger partial charge in [-0.1, -0.05) is 29.8 Å². The molecule has 1 fully saturated rings. The van der Waals surface area contributed by atoms with Crippen LogP contribution in [-0.2, 0) is 20.9 Å². The minimum absolute atomic E-state index is 0.0194. The molecule has 1 aromatic heterocycles. The van der Waals surface area contributed by atoms with Gasteiger partial charge < -0.3 is 10.1 Å². The fourth-order valence-corrected chi connectivity index (χ4v) is 2.50. The number of H-pyrrole nitrogens is 1. The summed E-state index contributed by atoms with van der Waals surface area (Å²) in [7, 11) is 0. The first kappa shape index (κ1) is 17.3. The van der Waals surface area contributed by atoms with Gasteiger partial charge in [0, 0.05) is 5.56 Å². The molecule has 132 valence electrons. The number of aryl methyl sites for hydroxylation is 1. The third kappa shape index (κ3) is 4.76. The average molecular weight is 360 g/mol. The Morgan fingerprint density at radius 2 is 2.08 bits per heavy atom. The predicted molar refractivity (Wildman–Crippen MR) is 94.3 cm³/mol. The predicted octanol–water partition coefficient (Wildman–Crippen LogP) is 1.99. The monoisotopic (exact) mass is 360 g/mol. The molecule has 8 heteroatoms. The lowest BCUT2D eigenvalue weighted by atomic mass is 10.1. The van der Waals surface area contributed by atoms with Crippen molar-refractivity contribution in [1.82, 2.24) is 20.1 Å².